The number of carbonyl (C=O) groups excluding carboxylic acids is 1. The number of rotatable bonds is 5. The lowest BCUT2D eigenvalue weighted by Gasteiger charge is -2.09. The van der Waals surface area contributed by atoms with Crippen LogP contribution in [0.4, 0.5) is 18.9 Å². The predicted molar refractivity (Wildman–Crippen MR) is 78.3 cm³/mol. The van der Waals surface area contributed by atoms with E-state index in [0.717, 1.165) is 23.1 Å². The van der Waals surface area contributed by atoms with Crippen LogP contribution in [-0.4, -0.2) is 36.3 Å². The molecule has 0 saturated carbocycles. The van der Waals surface area contributed by atoms with Crippen molar-refractivity contribution < 1.29 is 27.4 Å². The molecule has 11 heteroatoms. The molecule has 0 aliphatic rings. The van der Waals surface area contributed by atoms with Crippen molar-refractivity contribution >= 4 is 34.7 Å². The van der Waals surface area contributed by atoms with Crippen molar-refractivity contribution in [1.82, 2.24) is 9.97 Å². The Bertz CT molecular complexity index is 684. The average Bonchev–Trinajstić information content (AvgIpc) is 2.92. The van der Waals surface area contributed by atoms with Gasteiger partial charge in [0, 0.05) is 0 Å². The number of halogens is 3. The van der Waals surface area contributed by atoms with Gasteiger partial charge in [0.05, 0.1) is 30.2 Å². The SMILES string of the molecule is COc1cc(OC)nc(Sc2sccc2NC(=O)C(F)(F)F)n1. The Hall–Kier alpha value is -2.01. The lowest BCUT2D eigenvalue weighted by molar-refractivity contribution is -0.167. The standard InChI is InChI=1S/C12H10F3N3O3S2/c1-20-7-5-8(21-2)18-11(17-7)23-9-6(3-4-22-9)16-10(19)12(13,14)15/h3-5H,1-2H3,(H,16,19). The van der Waals surface area contributed by atoms with Crippen LogP contribution in [0, 0.1) is 0 Å². The van der Waals surface area contributed by atoms with E-state index in [-0.39, 0.29) is 22.6 Å². The molecule has 2 heterocycles. The Balaban J connectivity index is 2.22. The highest BCUT2D eigenvalue weighted by Crippen LogP contribution is 2.38. The third kappa shape index (κ3) is 4.48. The third-order valence-corrected chi connectivity index (χ3v) is 4.41. The van der Waals surface area contributed by atoms with Crippen LogP contribution in [0.5, 0.6) is 11.8 Å². The summed E-state index contributed by atoms with van der Waals surface area (Å²) in [7, 11) is 2.83. The number of anilines is 1. The summed E-state index contributed by atoms with van der Waals surface area (Å²) >= 11 is 2.13. The van der Waals surface area contributed by atoms with Gasteiger partial charge in [0.2, 0.25) is 11.8 Å². The molecule has 0 aliphatic heterocycles. The van der Waals surface area contributed by atoms with E-state index < -0.39 is 12.1 Å². The highest BCUT2D eigenvalue weighted by molar-refractivity contribution is 8.01. The van der Waals surface area contributed by atoms with Gasteiger partial charge in [-0.1, -0.05) is 0 Å². The van der Waals surface area contributed by atoms with Gasteiger partial charge < -0.3 is 14.8 Å². The van der Waals surface area contributed by atoms with Crippen molar-refractivity contribution in [3.8, 4) is 11.8 Å². The van der Waals surface area contributed by atoms with Crippen molar-refractivity contribution in [2.75, 3.05) is 19.5 Å². The minimum atomic E-state index is -4.96. The van der Waals surface area contributed by atoms with E-state index in [1.807, 2.05) is 5.32 Å². The molecule has 0 atom stereocenters. The summed E-state index contributed by atoms with van der Waals surface area (Å²) in [4.78, 5) is 19.2. The van der Waals surface area contributed by atoms with Gasteiger partial charge in [-0.3, -0.25) is 4.79 Å². The van der Waals surface area contributed by atoms with Gasteiger partial charge in [-0.2, -0.15) is 23.1 Å². The quantitative estimate of drug-likeness (QED) is 0.821. The highest BCUT2D eigenvalue weighted by Gasteiger charge is 2.39. The van der Waals surface area contributed by atoms with Crippen LogP contribution in [0.15, 0.2) is 26.9 Å². The van der Waals surface area contributed by atoms with E-state index in [4.69, 9.17) is 9.47 Å². The molecule has 0 aliphatic carbocycles. The Morgan fingerprint density at radius 1 is 1.26 bits per heavy atom. The van der Waals surface area contributed by atoms with Crippen LogP contribution in [0.25, 0.3) is 0 Å². The fourth-order valence-corrected chi connectivity index (χ4v) is 3.20. The molecule has 124 valence electrons. The number of thiophene rings is 1. The summed E-state index contributed by atoms with van der Waals surface area (Å²) in [6.45, 7) is 0. The molecule has 1 N–H and O–H groups in total. The number of ether oxygens (including phenoxy) is 2. The Kier molecular flexibility index (Phi) is 5.31. The zero-order chi connectivity index (χ0) is 17.0. The second-order valence-electron chi connectivity index (χ2n) is 3.91. The number of nitrogens with zero attached hydrogens (tertiary/aromatic N) is 2. The smallest absolute Gasteiger partial charge is 0.471 e. The van der Waals surface area contributed by atoms with Gasteiger partial charge >= 0.3 is 12.1 Å². The molecule has 0 unspecified atom stereocenters. The van der Waals surface area contributed by atoms with Crippen molar-refractivity contribution in [3.63, 3.8) is 0 Å². The monoisotopic (exact) mass is 365 g/mol. The molecular formula is C12H10F3N3O3S2. The van der Waals surface area contributed by atoms with Gasteiger partial charge in [-0.05, 0) is 23.2 Å². The summed E-state index contributed by atoms with van der Waals surface area (Å²) in [5.74, 6) is -1.55. The van der Waals surface area contributed by atoms with E-state index in [2.05, 4.69) is 9.97 Å². The first-order valence-corrected chi connectivity index (χ1v) is 7.63. The fourth-order valence-electron chi connectivity index (χ4n) is 1.38. The summed E-state index contributed by atoms with van der Waals surface area (Å²) in [6.07, 6.45) is -4.96. The summed E-state index contributed by atoms with van der Waals surface area (Å²) in [6, 6.07) is 2.83. The molecule has 0 radical (unpaired) electrons. The first-order valence-electron chi connectivity index (χ1n) is 5.94. The molecule has 0 fully saturated rings. The molecule has 1 amide bonds. The lowest BCUT2D eigenvalue weighted by Crippen LogP contribution is -2.29. The molecule has 2 aromatic rings. The van der Waals surface area contributed by atoms with E-state index >= 15 is 0 Å². The number of alkyl halides is 3. The van der Waals surface area contributed by atoms with Crippen LogP contribution in [0.1, 0.15) is 0 Å². The van der Waals surface area contributed by atoms with E-state index in [1.54, 1.807) is 5.38 Å². The summed E-state index contributed by atoms with van der Waals surface area (Å²) in [5, 5.41) is 3.58. The average molecular weight is 365 g/mol. The number of hydrogen-bond acceptors (Lipinski definition) is 7. The van der Waals surface area contributed by atoms with Crippen LogP contribution in [-0.2, 0) is 4.79 Å². The first kappa shape index (κ1) is 17.3. The highest BCUT2D eigenvalue weighted by atomic mass is 32.2. The molecule has 0 saturated heterocycles. The molecule has 0 aromatic carbocycles. The van der Waals surface area contributed by atoms with Crippen molar-refractivity contribution in [3.05, 3.63) is 17.5 Å². The molecule has 6 nitrogen and oxygen atoms in total. The normalized spacial score (nSPS) is 11.2. The second-order valence-corrected chi connectivity index (χ2v) is 6.06. The Morgan fingerprint density at radius 2 is 1.87 bits per heavy atom. The largest absolute Gasteiger partial charge is 0.481 e. The molecule has 0 bridgehead atoms. The van der Waals surface area contributed by atoms with Gasteiger partial charge in [0.25, 0.3) is 0 Å². The maximum atomic E-state index is 12.3. The number of nitrogens with one attached hydrogen (secondary N) is 1. The van der Waals surface area contributed by atoms with Gasteiger partial charge in [-0.15, -0.1) is 11.3 Å². The molecule has 2 rings (SSSR count). The van der Waals surface area contributed by atoms with Crippen molar-refractivity contribution in [2.45, 2.75) is 15.5 Å². The summed E-state index contributed by atoms with van der Waals surface area (Å²) in [5.41, 5.74) is 0.0349. The number of hydrogen-bond donors (Lipinski definition) is 1. The zero-order valence-corrected chi connectivity index (χ0v) is 13.4. The van der Waals surface area contributed by atoms with Gasteiger partial charge in [0.15, 0.2) is 5.16 Å². The molecular weight excluding hydrogens is 355 g/mol. The molecule has 2 aromatic heterocycles. The number of carbonyl (C=O) groups is 1. The molecule has 23 heavy (non-hydrogen) atoms. The maximum absolute atomic E-state index is 12.3. The Labute approximate surface area is 137 Å². The van der Waals surface area contributed by atoms with E-state index in [1.165, 1.54) is 26.4 Å². The van der Waals surface area contributed by atoms with Gasteiger partial charge in [0.1, 0.15) is 0 Å². The predicted octanol–water partition coefficient (Wildman–Crippen LogP) is 3.21. The maximum Gasteiger partial charge on any atom is 0.471 e. The first-order chi connectivity index (χ1) is 10.8. The minimum absolute atomic E-state index is 0.0349. The van der Waals surface area contributed by atoms with Crippen LogP contribution in [0.3, 0.4) is 0 Å². The van der Waals surface area contributed by atoms with Gasteiger partial charge in [-0.25, -0.2) is 0 Å². The van der Waals surface area contributed by atoms with E-state index in [9.17, 15) is 18.0 Å². The second kappa shape index (κ2) is 7.04. The summed E-state index contributed by atoms with van der Waals surface area (Å²) < 4.78 is 47.4. The van der Waals surface area contributed by atoms with Crippen LogP contribution >= 0.6 is 23.1 Å². The zero-order valence-electron chi connectivity index (χ0n) is 11.8. The number of aromatic nitrogens is 2. The van der Waals surface area contributed by atoms with Crippen LogP contribution < -0.4 is 14.8 Å². The van der Waals surface area contributed by atoms with Crippen LogP contribution in [0.2, 0.25) is 0 Å². The number of methoxy groups -OCH3 is 2. The van der Waals surface area contributed by atoms with E-state index in [0.29, 0.717) is 4.21 Å². The third-order valence-electron chi connectivity index (χ3n) is 2.40. The van der Waals surface area contributed by atoms with Crippen molar-refractivity contribution in [1.29, 1.82) is 0 Å². The van der Waals surface area contributed by atoms with Crippen molar-refractivity contribution in [2.24, 2.45) is 0 Å². The minimum Gasteiger partial charge on any atom is -0.481 e. The lowest BCUT2D eigenvalue weighted by atomic mass is 10.5. The topological polar surface area (TPSA) is 73.3 Å². The number of amides is 1. The Morgan fingerprint density at radius 3 is 2.39 bits per heavy atom. The molecule has 0 spiro atoms. The fraction of sp³-hybridized carbons (Fsp3) is 0.250.